The van der Waals surface area contributed by atoms with Crippen LogP contribution in [0.2, 0.25) is 5.02 Å². The molecule has 3 heteroatoms. The fourth-order valence-electron chi connectivity index (χ4n) is 2.19. The van der Waals surface area contributed by atoms with Gasteiger partial charge in [-0.05, 0) is 43.1 Å². The largest absolute Gasteiger partial charge is 0.316 e. The minimum absolute atomic E-state index is 0.443. The number of nitrogens with one attached hydrogen (secondary N) is 1. The molecule has 0 aliphatic rings. The Morgan fingerprint density at radius 2 is 1.71 bits per heavy atom. The molecule has 1 N–H and O–H groups in total. The molecule has 0 amide bonds. The lowest BCUT2D eigenvalue weighted by Crippen LogP contribution is -2.30. The summed E-state index contributed by atoms with van der Waals surface area (Å²) in [5.41, 5.74) is 2.77. The number of thioether (sulfide) groups is 1. The second kappa shape index (κ2) is 8.47. The predicted molar refractivity (Wildman–Crippen MR) is 94.5 cm³/mol. The van der Waals surface area contributed by atoms with E-state index in [-0.39, 0.29) is 0 Å². The van der Waals surface area contributed by atoms with Gasteiger partial charge in [0, 0.05) is 16.7 Å². The van der Waals surface area contributed by atoms with Gasteiger partial charge in [0.1, 0.15) is 0 Å². The molecule has 0 saturated carbocycles. The van der Waals surface area contributed by atoms with E-state index in [1.165, 1.54) is 11.1 Å². The van der Waals surface area contributed by atoms with E-state index in [0.29, 0.717) is 6.04 Å². The second-order valence-corrected chi connectivity index (χ2v) is 6.57. The van der Waals surface area contributed by atoms with Crippen LogP contribution in [-0.4, -0.2) is 18.8 Å². The highest BCUT2D eigenvalue weighted by Gasteiger charge is 2.09. The van der Waals surface area contributed by atoms with Crippen molar-refractivity contribution in [2.24, 2.45) is 0 Å². The van der Waals surface area contributed by atoms with Gasteiger partial charge in [-0.2, -0.15) is 0 Å². The number of halogens is 1. The highest BCUT2D eigenvalue weighted by molar-refractivity contribution is 7.99. The fourth-order valence-corrected chi connectivity index (χ4v) is 3.54. The van der Waals surface area contributed by atoms with E-state index in [0.717, 1.165) is 28.5 Å². The maximum Gasteiger partial charge on any atom is 0.0541 e. The van der Waals surface area contributed by atoms with Gasteiger partial charge in [-0.25, -0.2) is 0 Å². The van der Waals surface area contributed by atoms with Crippen molar-refractivity contribution >= 4 is 23.4 Å². The molecular formula is C18H22ClNS. The molecule has 1 atom stereocenters. The molecule has 0 saturated heterocycles. The fraction of sp³-hybridized carbons (Fsp3) is 0.333. The molecule has 2 aromatic rings. The summed E-state index contributed by atoms with van der Waals surface area (Å²) >= 11 is 8.02. The van der Waals surface area contributed by atoms with Gasteiger partial charge in [-0.15, -0.1) is 11.8 Å². The molecule has 0 bridgehead atoms. The smallest absolute Gasteiger partial charge is 0.0541 e. The van der Waals surface area contributed by atoms with E-state index in [9.17, 15) is 0 Å². The van der Waals surface area contributed by atoms with Crippen LogP contribution < -0.4 is 5.32 Å². The van der Waals surface area contributed by atoms with Crippen molar-refractivity contribution in [3.8, 4) is 0 Å². The zero-order valence-corrected chi connectivity index (χ0v) is 14.2. The van der Waals surface area contributed by atoms with E-state index in [4.69, 9.17) is 11.6 Å². The first-order valence-electron chi connectivity index (χ1n) is 7.35. The van der Waals surface area contributed by atoms with Gasteiger partial charge in [-0.3, -0.25) is 0 Å². The second-order valence-electron chi connectivity index (χ2n) is 5.10. The molecule has 2 aromatic carbocycles. The summed E-state index contributed by atoms with van der Waals surface area (Å²) in [6.45, 7) is 2.19. The average molecular weight is 320 g/mol. The Morgan fingerprint density at radius 3 is 2.33 bits per heavy atom. The minimum Gasteiger partial charge on any atom is -0.316 e. The summed E-state index contributed by atoms with van der Waals surface area (Å²) in [6, 6.07) is 17.4. The van der Waals surface area contributed by atoms with E-state index in [2.05, 4.69) is 42.6 Å². The van der Waals surface area contributed by atoms with Crippen molar-refractivity contribution in [1.29, 1.82) is 0 Å². The molecular weight excluding hydrogens is 298 g/mol. The Morgan fingerprint density at radius 1 is 1.05 bits per heavy atom. The van der Waals surface area contributed by atoms with Gasteiger partial charge < -0.3 is 5.32 Å². The van der Waals surface area contributed by atoms with Crippen molar-refractivity contribution < 1.29 is 0 Å². The molecule has 1 unspecified atom stereocenters. The van der Waals surface area contributed by atoms with Gasteiger partial charge in [0.05, 0.1) is 5.02 Å². The Balaban J connectivity index is 1.92. The number of rotatable bonds is 7. The maximum atomic E-state index is 6.20. The van der Waals surface area contributed by atoms with Crippen LogP contribution in [0.4, 0.5) is 0 Å². The maximum absolute atomic E-state index is 6.20. The van der Waals surface area contributed by atoms with Crippen LogP contribution in [0.3, 0.4) is 0 Å². The zero-order valence-electron chi connectivity index (χ0n) is 12.6. The Labute approximate surface area is 137 Å². The monoisotopic (exact) mass is 319 g/mol. The van der Waals surface area contributed by atoms with E-state index in [1.54, 1.807) is 0 Å². The molecule has 0 heterocycles. The third kappa shape index (κ3) is 5.06. The third-order valence-electron chi connectivity index (χ3n) is 3.60. The zero-order chi connectivity index (χ0) is 15.1. The van der Waals surface area contributed by atoms with Gasteiger partial charge in [0.25, 0.3) is 0 Å². The van der Waals surface area contributed by atoms with Crippen molar-refractivity contribution in [1.82, 2.24) is 5.32 Å². The van der Waals surface area contributed by atoms with Crippen LogP contribution in [0, 0.1) is 0 Å². The van der Waals surface area contributed by atoms with Crippen molar-refractivity contribution in [2.45, 2.75) is 30.7 Å². The molecule has 0 spiro atoms. The highest BCUT2D eigenvalue weighted by Crippen LogP contribution is 2.27. The first-order chi connectivity index (χ1) is 10.2. The van der Waals surface area contributed by atoms with Crippen LogP contribution in [0.5, 0.6) is 0 Å². The normalized spacial score (nSPS) is 12.3. The number of hydrogen-bond acceptors (Lipinski definition) is 2. The number of likely N-dealkylation sites (N-methyl/N-ethyl adjacent to an activating group) is 1. The molecule has 0 aliphatic heterocycles. The summed E-state index contributed by atoms with van der Waals surface area (Å²) in [4.78, 5) is 1.15. The molecule has 0 fully saturated rings. The molecule has 21 heavy (non-hydrogen) atoms. The molecule has 112 valence electrons. The lowest BCUT2D eigenvalue weighted by atomic mass is 10.0. The molecule has 0 aromatic heterocycles. The molecule has 0 radical (unpaired) electrons. The van der Waals surface area contributed by atoms with Crippen molar-refractivity contribution in [2.75, 3.05) is 12.8 Å². The topological polar surface area (TPSA) is 12.0 Å². The Hall–Kier alpha value is -0.960. The lowest BCUT2D eigenvalue weighted by Gasteiger charge is -2.16. The standard InChI is InChI=1S/C18H22ClNS/c1-3-14-8-10-15(11-9-14)12-16(20-2)13-21-18-7-5-4-6-17(18)19/h4-11,16,20H,3,12-13H2,1-2H3. The summed E-state index contributed by atoms with van der Waals surface area (Å²) in [7, 11) is 2.03. The van der Waals surface area contributed by atoms with Crippen molar-refractivity contribution in [3.05, 3.63) is 64.7 Å². The van der Waals surface area contributed by atoms with Crippen LogP contribution in [0.1, 0.15) is 18.1 Å². The van der Waals surface area contributed by atoms with Crippen LogP contribution in [-0.2, 0) is 12.8 Å². The molecule has 1 nitrogen and oxygen atoms in total. The van der Waals surface area contributed by atoms with E-state index >= 15 is 0 Å². The first-order valence-corrected chi connectivity index (χ1v) is 8.71. The summed E-state index contributed by atoms with van der Waals surface area (Å²) in [6.07, 6.45) is 2.13. The Bertz CT molecular complexity index is 553. The summed E-state index contributed by atoms with van der Waals surface area (Å²) < 4.78 is 0. The van der Waals surface area contributed by atoms with Crippen LogP contribution in [0.25, 0.3) is 0 Å². The number of benzene rings is 2. The number of aryl methyl sites for hydroxylation is 1. The minimum atomic E-state index is 0.443. The third-order valence-corrected chi connectivity index (χ3v) is 5.28. The average Bonchev–Trinajstić information content (AvgIpc) is 2.53. The van der Waals surface area contributed by atoms with E-state index < -0.39 is 0 Å². The SMILES string of the molecule is CCc1ccc(CC(CSc2ccccc2Cl)NC)cc1. The Kier molecular flexibility index (Phi) is 6.62. The highest BCUT2D eigenvalue weighted by atomic mass is 35.5. The van der Waals surface area contributed by atoms with Crippen LogP contribution >= 0.6 is 23.4 Å². The first kappa shape index (κ1) is 16.4. The summed E-state index contributed by atoms with van der Waals surface area (Å²) in [5, 5.41) is 4.24. The summed E-state index contributed by atoms with van der Waals surface area (Å²) in [5.74, 6) is 1.01. The molecule has 2 rings (SSSR count). The van der Waals surface area contributed by atoms with Gasteiger partial charge >= 0.3 is 0 Å². The quantitative estimate of drug-likeness (QED) is 0.734. The van der Waals surface area contributed by atoms with Gasteiger partial charge in [-0.1, -0.05) is 54.9 Å². The van der Waals surface area contributed by atoms with E-state index in [1.807, 2.05) is 37.0 Å². The number of hydrogen-bond donors (Lipinski definition) is 1. The van der Waals surface area contributed by atoms with Crippen molar-refractivity contribution in [3.63, 3.8) is 0 Å². The van der Waals surface area contributed by atoms with Gasteiger partial charge in [0.2, 0.25) is 0 Å². The predicted octanol–water partition coefficient (Wildman–Crippen LogP) is 4.83. The van der Waals surface area contributed by atoms with Gasteiger partial charge in [0.15, 0.2) is 0 Å². The van der Waals surface area contributed by atoms with Crippen LogP contribution in [0.15, 0.2) is 53.4 Å². The lowest BCUT2D eigenvalue weighted by molar-refractivity contribution is 0.617. The molecule has 0 aliphatic carbocycles.